The molecule has 0 atom stereocenters. The van der Waals surface area contributed by atoms with Gasteiger partial charge in [0.25, 0.3) is 0 Å². The molecule has 1 fully saturated rings. The van der Waals surface area contributed by atoms with Crippen molar-refractivity contribution in [2.75, 3.05) is 18.9 Å². The zero-order chi connectivity index (χ0) is 22.9. The number of ether oxygens (including phenoxy) is 1. The molecule has 33 heavy (non-hydrogen) atoms. The van der Waals surface area contributed by atoms with E-state index >= 15 is 0 Å². The van der Waals surface area contributed by atoms with Gasteiger partial charge in [-0.15, -0.1) is 10.2 Å². The molecule has 0 spiro atoms. The zero-order valence-electron chi connectivity index (χ0n) is 18.5. The fourth-order valence-corrected chi connectivity index (χ4v) is 4.74. The van der Waals surface area contributed by atoms with E-state index in [4.69, 9.17) is 16.3 Å². The Bertz CT molecular complexity index is 1020. The number of carbonyl (C=O) groups excluding carboxylic acids is 1. The van der Waals surface area contributed by atoms with Crippen molar-refractivity contribution in [3.05, 3.63) is 53.8 Å². The number of amides is 1. The highest BCUT2D eigenvalue weighted by atomic mass is 35.5. The number of thioether (sulfide) groups is 1. The molecule has 1 aliphatic rings. The normalized spacial score (nSPS) is 14.3. The Labute approximate surface area is 203 Å². The molecule has 2 heterocycles. The van der Waals surface area contributed by atoms with Crippen LogP contribution in [0.5, 0.6) is 0 Å². The van der Waals surface area contributed by atoms with Gasteiger partial charge in [0.1, 0.15) is 0 Å². The Hall–Kier alpha value is -2.42. The van der Waals surface area contributed by atoms with E-state index in [1.54, 1.807) is 12.4 Å². The van der Waals surface area contributed by atoms with Crippen molar-refractivity contribution in [1.82, 2.24) is 25.1 Å². The Kier molecular flexibility index (Phi) is 8.74. The number of nitrogens with zero attached hydrogens (tertiary/aromatic N) is 4. The topological polar surface area (TPSA) is 81.9 Å². The lowest BCUT2D eigenvalue weighted by Crippen LogP contribution is -2.27. The summed E-state index contributed by atoms with van der Waals surface area (Å²) in [5.41, 5.74) is 1.76. The van der Waals surface area contributed by atoms with Gasteiger partial charge < -0.3 is 10.1 Å². The number of benzene rings is 1. The number of carbonyl (C=O) groups is 1. The van der Waals surface area contributed by atoms with E-state index in [0.29, 0.717) is 35.3 Å². The van der Waals surface area contributed by atoms with Crippen LogP contribution in [0.4, 0.5) is 0 Å². The molecular weight excluding hydrogens is 458 g/mol. The lowest BCUT2D eigenvalue weighted by atomic mass is 9.98. The van der Waals surface area contributed by atoms with Crippen LogP contribution in [-0.4, -0.2) is 50.7 Å². The molecule has 1 aromatic carbocycles. The van der Waals surface area contributed by atoms with E-state index in [-0.39, 0.29) is 11.7 Å². The van der Waals surface area contributed by atoms with Gasteiger partial charge in [-0.25, -0.2) is 0 Å². The molecule has 4 rings (SSSR count). The SMILES string of the molecule is O=C(CSc1nnc(-c2ccncc2)n1-c1ccc(Cl)cc1)NCCCOC1CCCCC1. The molecule has 1 N–H and O–H groups in total. The molecule has 3 aromatic rings. The van der Waals surface area contributed by atoms with Crippen LogP contribution in [0.25, 0.3) is 17.1 Å². The minimum Gasteiger partial charge on any atom is -0.378 e. The average Bonchev–Trinajstić information content (AvgIpc) is 3.28. The first-order valence-electron chi connectivity index (χ1n) is 11.3. The van der Waals surface area contributed by atoms with Gasteiger partial charge in [0, 0.05) is 41.8 Å². The average molecular weight is 486 g/mol. The molecular formula is C24H28ClN5O2S. The van der Waals surface area contributed by atoms with E-state index in [1.807, 2.05) is 41.0 Å². The molecule has 7 nitrogen and oxygen atoms in total. The maximum absolute atomic E-state index is 12.4. The summed E-state index contributed by atoms with van der Waals surface area (Å²) >= 11 is 7.43. The molecule has 1 aliphatic carbocycles. The smallest absolute Gasteiger partial charge is 0.230 e. The van der Waals surface area contributed by atoms with Crippen LogP contribution in [0.15, 0.2) is 53.9 Å². The monoisotopic (exact) mass is 485 g/mol. The van der Waals surface area contributed by atoms with Crippen LogP contribution in [0.1, 0.15) is 38.5 Å². The van der Waals surface area contributed by atoms with E-state index in [0.717, 1.165) is 17.7 Å². The minimum atomic E-state index is -0.0335. The summed E-state index contributed by atoms with van der Waals surface area (Å²) in [7, 11) is 0. The summed E-state index contributed by atoms with van der Waals surface area (Å²) in [6.45, 7) is 1.30. The lowest BCUT2D eigenvalue weighted by Gasteiger charge is -2.21. The summed E-state index contributed by atoms with van der Waals surface area (Å²) in [6, 6.07) is 11.2. The third kappa shape index (κ3) is 6.79. The van der Waals surface area contributed by atoms with Gasteiger partial charge in [0.2, 0.25) is 5.91 Å². The predicted octanol–water partition coefficient (Wildman–Crippen LogP) is 4.93. The predicted molar refractivity (Wildman–Crippen MR) is 131 cm³/mol. The third-order valence-electron chi connectivity index (χ3n) is 5.54. The van der Waals surface area contributed by atoms with Crippen LogP contribution in [0, 0.1) is 0 Å². The maximum Gasteiger partial charge on any atom is 0.230 e. The Morgan fingerprint density at radius 1 is 1.09 bits per heavy atom. The summed E-state index contributed by atoms with van der Waals surface area (Å²) in [5, 5.41) is 13.0. The second-order valence-electron chi connectivity index (χ2n) is 7.98. The molecule has 9 heteroatoms. The summed E-state index contributed by atoms with van der Waals surface area (Å²) in [6.07, 6.45) is 10.8. The fraction of sp³-hybridized carbons (Fsp3) is 0.417. The van der Waals surface area contributed by atoms with Crippen molar-refractivity contribution < 1.29 is 9.53 Å². The second-order valence-corrected chi connectivity index (χ2v) is 9.36. The highest BCUT2D eigenvalue weighted by Gasteiger charge is 2.17. The van der Waals surface area contributed by atoms with E-state index in [9.17, 15) is 4.79 Å². The van der Waals surface area contributed by atoms with E-state index in [1.165, 1.54) is 43.9 Å². The first-order valence-corrected chi connectivity index (χ1v) is 12.7. The highest BCUT2D eigenvalue weighted by molar-refractivity contribution is 7.99. The molecule has 1 saturated carbocycles. The number of halogens is 1. The van der Waals surface area contributed by atoms with Gasteiger partial charge in [-0.3, -0.25) is 14.3 Å². The van der Waals surface area contributed by atoms with Gasteiger partial charge in [0.05, 0.1) is 11.9 Å². The number of pyridine rings is 1. The summed E-state index contributed by atoms with van der Waals surface area (Å²) in [5.74, 6) is 0.905. The molecule has 0 aliphatic heterocycles. The first-order chi connectivity index (χ1) is 16.2. The van der Waals surface area contributed by atoms with Crippen molar-refractivity contribution >= 4 is 29.3 Å². The van der Waals surface area contributed by atoms with Crippen molar-refractivity contribution in [3.63, 3.8) is 0 Å². The molecule has 0 bridgehead atoms. The largest absolute Gasteiger partial charge is 0.378 e. The Morgan fingerprint density at radius 3 is 2.61 bits per heavy atom. The van der Waals surface area contributed by atoms with Gasteiger partial charge in [0.15, 0.2) is 11.0 Å². The number of aromatic nitrogens is 4. The molecule has 0 radical (unpaired) electrons. The Balaban J connectivity index is 1.33. The van der Waals surface area contributed by atoms with Gasteiger partial charge in [-0.05, 0) is 55.7 Å². The van der Waals surface area contributed by atoms with Crippen molar-refractivity contribution in [2.45, 2.75) is 49.8 Å². The number of hydrogen-bond acceptors (Lipinski definition) is 6. The second kappa shape index (κ2) is 12.2. The van der Waals surface area contributed by atoms with Crippen LogP contribution in [0.3, 0.4) is 0 Å². The minimum absolute atomic E-state index is 0.0335. The molecule has 0 saturated heterocycles. The zero-order valence-corrected chi connectivity index (χ0v) is 20.0. The van der Waals surface area contributed by atoms with Gasteiger partial charge >= 0.3 is 0 Å². The van der Waals surface area contributed by atoms with Crippen LogP contribution < -0.4 is 5.32 Å². The number of nitrogens with one attached hydrogen (secondary N) is 1. The van der Waals surface area contributed by atoms with E-state index < -0.39 is 0 Å². The first kappa shape index (κ1) is 23.7. The third-order valence-corrected chi connectivity index (χ3v) is 6.72. The number of rotatable bonds is 10. The lowest BCUT2D eigenvalue weighted by molar-refractivity contribution is -0.118. The van der Waals surface area contributed by atoms with Gasteiger partial charge in [-0.2, -0.15) is 0 Å². The standard InChI is InChI=1S/C24H28ClN5O2S/c25-19-7-9-20(10-8-19)30-23(18-11-14-26-15-12-18)28-29-24(30)33-17-22(31)27-13-4-16-32-21-5-2-1-3-6-21/h7-12,14-15,21H,1-6,13,16-17H2,(H,27,31). The van der Waals surface area contributed by atoms with Crippen LogP contribution >= 0.6 is 23.4 Å². The quantitative estimate of drug-likeness (QED) is 0.324. The molecule has 0 unspecified atom stereocenters. The van der Waals surface area contributed by atoms with Crippen molar-refractivity contribution in [3.8, 4) is 17.1 Å². The van der Waals surface area contributed by atoms with Crippen LogP contribution in [-0.2, 0) is 9.53 Å². The molecule has 174 valence electrons. The van der Waals surface area contributed by atoms with Gasteiger partial charge in [-0.1, -0.05) is 42.6 Å². The highest BCUT2D eigenvalue weighted by Crippen LogP contribution is 2.28. The fourth-order valence-electron chi connectivity index (χ4n) is 3.84. The summed E-state index contributed by atoms with van der Waals surface area (Å²) in [4.78, 5) is 16.5. The Morgan fingerprint density at radius 2 is 1.85 bits per heavy atom. The summed E-state index contributed by atoms with van der Waals surface area (Å²) < 4.78 is 7.85. The van der Waals surface area contributed by atoms with Crippen molar-refractivity contribution in [2.24, 2.45) is 0 Å². The maximum atomic E-state index is 12.4. The van der Waals surface area contributed by atoms with E-state index in [2.05, 4.69) is 20.5 Å². The molecule has 1 amide bonds. The molecule has 2 aromatic heterocycles. The number of hydrogen-bond donors (Lipinski definition) is 1. The van der Waals surface area contributed by atoms with Crippen molar-refractivity contribution in [1.29, 1.82) is 0 Å². The van der Waals surface area contributed by atoms with Crippen LogP contribution in [0.2, 0.25) is 5.02 Å².